The first-order valence-electron chi connectivity index (χ1n) is 7.20. The van der Waals surface area contributed by atoms with Gasteiger partial charge in [0.05, 0.1) is 4.92 Å². The molecule has 24 heavy (non-hydrogen) atoms. The fraction of sp³-hybridized carbons (Fsp3) is 0.0625. The number of nitro groups is 1. The maximum Gasteiger partial charge on any atom is 0.270 e. The Morgan fingerprint density at radius 1 is 1.08 bits per heavy atom. The lowest BCUT2D eigenvalue weighted by Crippen LogP contribution is -1.97. The zero-order valence-corrected chi connectivity index (χ0v) is 13.2. The molecule has 0 fully saturated rings. The van der Waals surface area contributed by atoms with Gasteiger partial charge in [0.2, 0.25) is 4.96 Å². The number of nitrogens with zero attached hydrogens (tertiary/aromatic N) is 5. The van der Waals surface area contributed by atoms with Crippen molar-refractivity contribution < 1.29 is 4.92 Å². The third-order valence-electron chi connectivity index (χ3n) is 3.56. The minimum Gasteiger partial charge on any atom is -0.258 e. The quantitative estimate of drug-likeness (QED) is 0.421. The van der Waals surface area contributed by atoms with Crippen molar-refractivity contribution in [1.29, 1.82) is 0 Å². The van der Waals surface area contributed by atoms with Crippen LogP contribution in [0.3, 0.4) is 0 Å². The van der Waals surface area contributed by atoms with Gasteiger partial charge in [0.1, 0.15) is 5.01 Å². The lowest BCUT2D eigenvalue weighted by Gasteiger charge is -1.98. The summed E-state index contributed by atoms with van der Waals surface area (Å²) in [6.07, 6.45) is 0.625. The Bertz CT molecular complexity index is 1030. The van der Waals surface area contributed by atoms with Crippen molar-refractivity contribution >= 4 is 22.0 Å². The summed E-state index contributed by atoms with van der Waals surface area (Å²) in [5, 5.41) is 24.5. The molecule has 4 rings (SSSR count). The van der Waals surface area contributed by atoms with Crippen LogP contribution in [0.4, 0.5) is 5.69 Å². The molecule has 0 atom stereocenters. The lowest BCUT2D eigenvalue weighted by molar-refractivity contribution is -0.384. The van der Waals surface area contributed by atoms with Gasteiger partial charge in [-0.2, -0.15) is 9.61 Å². The van der Waals surface area contributed by atoms with Crippen LogP contribution in [0.1, 0.15) is 11.4 Å². The Labute approximate surface area is 140 Å². The monoisotopic (exact) mass is 337 g/mol. The van der Waals surface area contributed by atoms with Crippen LogP contribution in [0, 0.1) is 10.1 Å². The molecule has 0 N–H and O–H groups in total. The number of benzene rings is 2. The van der Waals surface area contributed by atoms with Gasteiger partial charge in [-0.05, 0) is 5.56 Å². The molecular weight excluding hydrogens is 326 g/mol. The van der Waals surface area contributed by atoms with Crippen LogP contribution in [0.5, 0.6) is 0 Å². The van der Waals surface area contributed by atoms with Crippen molar-refractivity contribution in [2.24, 2.45) is 0 Å². The molecule has 118 valence electrons. The zero-order valence-electron chi connectivity index (χ0n) is 12.4. The molecule has 4 aromatic rings. The Morgan fingerprint density at radius 2 is 1.92 bits per heavy atom. The van der Waals surface area contributed by atoms with E-state index in [0.29, 0.717) is 22.0 Å². The van der Waals surface area contributed by atoms with Crippen molar-refractivity contribution in [2.45, 2.75) is 6.42 Å². The van der Waals surface area contributed by atoms with Crippen molar-refractivity contribution in [3.8, 4) is 10.6 Å². The summed E-state index contributed by atoms with van der Waals surface area (Å²) in [6, 6.07) is 16.4. The van der Waals surface area contributed by atoms with Crippen LogP contribution in [0.25, 0.3) is 15.5 Å². The van der Waals surface area contributed by atoms with E-state index in [4.69, 9.17) is 0 Å². The summed E-state index contributed by atoms with van der Waals surface area (Å²) in [4.78, 5) is 11.2. The van der Waals surface area contributed by atoms with Crippen LogP contribution in [0.15, 0.2) is 54.6 Å². The maximum absolute atomic E-state index is 10.9. The minimum absolute atomic E-state index is 0.0444. The third-order valence-corrected chi connectivity index (χ3v) is 4.51. The van der Waals surface area contributed by atoms with E-state index >= 15 is 0 Å². The summed E-state index contributed by atoms with van der Waals surface area (Å²) < 4.78 is 1.70. The molecule has 0 aliphatic carbocycles. The SMILES string of the molecule is O=[N+]([O-])c1cccc(-c2nn3c(Cc4ccccc4)nnc3s2)c1. The average Bonchev–Trinajstić information content (AvgIpc) is 3.18. The second kappa shape index (κ2) is 5.82. The molecule has 0 radical (unpaired) electrons. The maximum atomic E-state index is 10.9. The molecule has 0 saturated heterocycles. The van der Waals surface area contributed by atoms with Crippen LogP contribution >= 0.6 is 11.3 Å². The van der Waals surface area contributed by atoms with Crippen molar-refractivity contribution in [3.63, 3.8) is 0 Å². The molecule has 0 aliphatic heterocycles. The largest absolute Gasteiger partial charge is 0.270 e. The van der Waals surface area contributed by atoms with E-state index in [9.17, 15) is 10.1 Å². The molecule has 7 nitrogen and oxygen atoms in total. The lowest BCUT2D eigenvalue weighted by atomic mass is 10.1. The van der Waals surface area contributed by atoms with E-state index in [0.717, 1.165) is 11.4 Å². The van der Waals surface area contributed by atoms with Gasteiger partial charge in [0.25, 0.3) is 5.69 Å². The number of nitro benzene ring substituents is 1. The number of hydrogen-bond acceptors (Lipinski definition) is 6. The van der Waals surface area contributed by atoms with Gasteiger partial charge in [-0.1, -0.05) is 53.8 Å². The molecule has 0 aliphatic rings. The molecule has 0 spiro atoms. The number of aromatic nitrogens is 4. The fourth-order valence-corrected chi connectivity index (χ4v) is 3.27. The zero-order chi connectivity index (χ0) is 16.5. The number of hydrogen-bond donors (Lipinski definition) is 0. The smallest absolute Gasteiger partial charge is 0.258 e. The first kappa shape index (κ1) is 14.5. The molecule has 8 heteroatoms. The highest BCUT2D eigenvalue weighted by molar-refractivity contribution is 7.19. The second-order valence-electron chi connectivity index (χ2n) is 5.19. The van der Waals surface area contributed by atoms with E-state index in [2.05, 4.69) is 15.3 Å². The Kier molecular flexibility index (Phi) is 3.51. The summed E-state index contributed by atoms with van der Waals surface area (Å²) in [5.41, 5.74) is 1.87. The van der Waals surface area contributed by atoms with Gasteiger partial charge in [0, 0.05) is 24.1 Å². The van der Waals surface area contributed by atoms with Gasteiger partial charge < -0.3 is 0 Å². The van der Waals surface area contributed by atoms with E-state index in [1.165, 1.54) is 23.5 Å². The van der Waals surface area contributed by atoms with Gasteiger partial charge in [-0.15, -0.1) is 10.2 Å². The molecule has 0 saturated carbocycles. The number of non-ortho nitro benzene ring substituents is 1. The predicted molar refractivity (Wildman–Crippen MR) is 90.0 cm³/mol. The fourth-order valence-electron chi connectivity index (χ4n) is 2.42. The molecule has 0 unspecified atom stereocenters. The Balaban J connectivity index is 1.72. The first-order chi connectivity index (χ1) is 11.7. The second-order valence-corrected chi connectivity index (χ2v) is 6.14. The van der Waals surface area contributed by atoms with Crippen LogP contribution in [-0.4, -0.2) is 24.7 Å². The highest BCUT2D eigenvalue weighted by Crippen LogP contribution is 2.28. The average molecular weight is 337 g/mol. The van der Waals surface area contributed by atoms with Gasteiger partial charge >= 0.3 is 0 Å². The normalized spacial score (nSPS) is 11.0. The van der Waals surface area contributed by atoms with Crippen LogP contribution in [0.2, 0.25) is 0 Å². The van der Waals surface area contributed by atoms with Gasteiger partial charge in [-0.25, -0.2) is 0 Å². The van der Waals surface area contributed by atoms with E-state index < -0.39 is 4.92 Å². The van der Waals surface area contributed by atoms with E-state index in [1.807, 2.05) is 30.3 Å². The highest BCUT2D eigenvalue weighted by atomic mass is 32.1. The van der Waals surface area contributed by atoms with E-state index in [-0.39, 0.29) is 5.69 Å². The van der Waals surface area contributed by atoms with Gasteiger partial charge in [-0.3, -0.25) is 10.1 Å². The topological polar surface area (TPSA) is 86.2 Å². The number of fused-ring (bicyclic) bond motifs is 1. The summed E-state index contributed by atoms with van der Waals surface area (Å²) in [5.74, 6) is 0.740. The third kappa shape index (κ3) is 2.63. The Hall–Kier alpha value is -3.13. The molecule has 0 bridgehead atoms. The van der Waals surface area contributed by atoms with Crippen molar-refractivity contribution in [2.75, 3.05) is 0 Å². The standard InChI is InChI=1S/C16H11N5O2S/c22-21(23)13-8-4-7-12(10-13)15-19-20-14(17-18-16(20)24-15)9-11-5-2-1-3-6-11/h1-8,10H,9H2. The highest BCUT2D eigenvalue weighted by Gasteiger charge is 2.15. The molecule has 2 heterocycles. The molecule has 2 aromatic heterocycles. The van der Waals surface area contributed by atoms with Crippen LogP contribution < -0.4 is 0 Å². The van der Waals surface area contributed by atoms with Gasteiger partial charge in [0.15, 0.2) is 5.82 Å². The van der Waals surface area contributed by atoms with Crippen LogP contribution in [-0.2, 0) is 6.42 Å². The Morgan fingerprint density at radius 3 is 2.71 bits per heavy atom. The van der Waals surface area contributed by atoms with Crippen molar-refractivity contribution in [1.82, 2.24) is 19.8 Å². The van der Waals surface area contributed by atoms with Crippen molar-refractivity contribution in [3.05, 3.63) is 76.1 Å². The molecular formula is C16H11N5O2S. The summed E-state index contributed by atoms with van der Waals surface area (Å²) in [6.45, 7) is 0. The number of rotatable bonds is 4. The molecule has 2 aromatic carbocycles. The molecule has 0 amide bonds. The van der Waals surface area contributed by atoms with E-state index in [1.54, 1.807) is 16.6 Å². The first-order valence-corrected chi connectivity index (χ1v) is 8.02. The summed E-state index contributed by atoms with van der Waals surface area (Å²) in [7, 11) is 0. The minimum atomic E-state index is -0.412. The predicted octanol–water partition coefficient (Wildman–Crippen LogP) is 3.35. The summed E-state index contributed by atoms with van der Waals surface area (Å²) >= 11 is 1.36.